The fourth-order valence-electron chi connectivity index (χ4n) is 3.73. The summed E-state index contributed by atoms with van der Waals surface area (Å²) in [6.07, 6.45) is 4.47. The van der Waals surface area contributed by atoms with Gasteiger partial charge in [0.2, 0.25) is 5.91 Å². The average molecular weight is 409 g/mol. The number of allylic oxidation sites excluding steroid dienone is 1. The summed E-state index contributed by atoms with van der Waals surface area (Å²) in [7, 11) is 3.22. The maximum Gasteiger partial charge on any atom is 0.335 e. The van der Waals surface area contributed by atoms with Gasteiger partial charge in [-0.2, -0.15) is 0 Å². The molecule has 0 unspecified atom stereocenters. The first-order chi connectivity index (χ1) is 14.5. The standard InChI is InChI=1S/C24H27NO5/c1-29-21-12-9-17(14-22(21)30-2)13-19-5-3-4-6-20(19)23(26)25-15-16-7-10-18(11-8-16)24(27)28/h7-12,14H,3-6,13,15H2,1-2H3,(H,25,26)(H,27,28). The van der Waals surface area contributed by atoms with Gasteiger partial charge in [0.25, 0.3) is 0 Å². The summed E-state index contributed by atoms with van der Waals surface area (Å²) >= 11 is 0. The van der Waals surface area contributed by atoms with Crippen molar-refractivity contribution in [1.82, 2.24) is 5.32 Å². The van der Waals surface area contributed by atoms with E-state index in [9.17, 15) is 9.59 Å². The van der Waals surface area contributed by atoms with Crippen LogP contribution in [0, 0.1) is 0 Å². The van der Waals surface area contributed by atoms with Gasteiger partial charge in [0.15, 0.2) is 11.5 Å². The smallest absolute Gasteiger partial charge is 0.335 e. The second-order valence-electron chi connectivity index (χ2n) is 7.34. The van der Waals surface area contributed by atoms with Crippen molar-refractivity contribution in [3.05, 3.63) is 70.3 Å². The molecule has 0 aromatic heterocycles. The Bertz CT molecular complexity index is 947. The molecule has 1 aliphatic rings. The number of carboxylic acid groups (broad SMARTS) is 1. The maximum absolute atomic E-state index is 12.9. The highest BCUT2D eigenvalue weighted by Crippen LogP contribution is 2.32. The molecule has 0 atom stereocenters. The van der Waals surface area contributed by atoms with E-state index < -0.39 is 5.97 Å². The molecule has 0 bridgehead atoms. The lowest BCUT2D eigenvalue weighted by Gasteiger charge is -2.21. The third-order valence-corrected chi connectivity index (χ3v) is 5.38. The third kappa shape index (κ3) is 5.20. The van der Waals surface area contributed by atoms with Crippen molar-refractivity contribution in [2.24, 2.45) is 0 Å². The van der Waals surface area contributed by atoms with Crippen molar-refractivity contribution >= 4 is 11.9 Å². The minimum absolute atomic E-state index is 0.0486. The molecule has 0 saturated heterocycles. The van der Waals surface area contributed by atoms with Gasteiger partial charge in [-0.3, -0.25) is 4.79 Å². The van der Waals surface area contributed by atoms with E-state index in [1.165, 1.54) is 0 Å². The van der Waals surface area contributed by atoms with Crippen molar-refractivity contribution in [2.45, 2.75) is 38.6 Å². The molecule has 2 aromatic rings. The molecule has 3 rings (SSSR count). The lowest BCUT2D eigenvalue weighted by atomic mass is 9.87. The summed E-state index contributed by atoms with van der Waals surface area (Å²) in [5.41, 5.74) is 4.20. The zero-order chi connectivity index (χ0) is 21.5. The highest BCUT2D eigenvalue weighted by molar-refractivity contribution is 5.94. The summed E-state index contributed by atoms with van der Waals surface area (Å²) in [6, 6.07) is 12.4. The molecule has 0 saturated carbocycles. The van der Waals surface area contributed by atoms with Crippen LogP contribution in [0.25, 0.3) is 0 Å². The van der Waals surface area contributed by atoms with E-state index in [1.807, 2.05) is 18.2 Å². The molecule has 1 aliphatic carbocycles. The minimum atomic E-state index is -0.960. The number of rotatable bonds is 8. The van der Waals surface area contributed by atoms with Crippen LogP contribution < -0.4 is 14.8 Å². The highest BCUT2D eigenvalue weighted by atomic mass is 16.5. The number of hydrogen-bond acceptors (Lipinski definition) is 4. The van der Waals surface area contributed by atoms with E-state index in [4.69, 9.17) is 14.6 Å². The fourth-order valence-corrected chi connectivity index (χ4v) is 3.73. The van der Waals surface area contributed by atoms with Crippen LogP contribution in [0.1, 0.15) is 47.2 Å². The monoisotopic (exact) mass is 409 g/mol. The summed E-state index contributed by atoms with van der Waals surface area (Å²) in [5.74, 6) is 0.359. The Hall–Kier alpha value is -3.28. The number of hydrogen-bond donors (Lipinski definition) is 2. The lowest BCUT2D eigenvalue weighted by Crippen LogP contribution is -2.27. The Morgan fingerprint density at radius 2 is 1.60 bits per heavy atom. The Balaban J connectivity index is 1.71. The Morgan fingerprint density at radius 1 is 0.933 bits per heavy atom. The van der Waals surface area contributed by atoms with Crippen LogP contribution in [0.3, 0.4) is 0 Å². The number of carbonyl (C=O) groups is 2. The van der Waals surface area contributed by atoms with Gasteiger partial charge in [0.1, 0.15) is 0 Å². The minimum Gasteiger partial charge on any atom is -0.493 e. The second kappa shape index (κ2) is 9.96. The summed E-state index contributed by atoms with van der Waals surface area (Å²) < 4.78 is 10.7. The maximum atomic E-state index is 12.9. The molecule has 0 fully saturated rings. The first-order valence-electron chi connectivity index (χ1n) is 10.0. The molecule has 0 heterocycles. The zero-order valence-electron chi connectivity index (χ0n) is 17.4. The first kappa shape index (κ1) is 21.4. The second-order valence-corrected chi connectivity index (χ2v) is 7.34. The van der Waals surface area contributed by atoms with Gasteiger partial charge in [-0.1, -0.05) is 23.8 Å². The Labute approximate surface area is 176 Å². The van der Waals surface area contributed by atoms with Crippen molar-refractivity contribution in [3.8, 4) is 11.5 Å². The van der Waals surface area contributed by atoms with Crippen molar-refractivity contribution in [3.63, 3.8) is 0 Å². The molecule has 0 aliphatic heterocycles. The zero-order valence-corrected chi connectivity index (χ0v) is 17.4. The van der Waals surface area contributed by atoms with E-state index in [0.717, 1.165) is 48.0 Å². The number of aromatic carboxylic acids is 1. The van der Waals surface area contributed by atoms with E-state index in [-0.39, 0.29) is 11.5 Å². The number of carboxylic acids is 1. The number of methoxy groups -OCH3 is 2. The van der Waals surface area contributed by atoms with Crippen LogP contribution in [-0.2, 0) is 17.8 Å². The van der Waals surface area contributed by atoms with Crippen LogP contribution in [0.2, 0.25) is 0 Å². The van der Waals surface area contributed by atoms with Crippen LogP contribution in [-0.4, -0.2) is 31.2 Å². The molecular weight excluding hydrogens is 382 g/mol. The molecule has 0 spiro atoms. The topological polar surface area (TPSA) is 84.9 Å². The molecule has 158 valence electrons. The van der Waals surface area contributed by atoms with Gasteiger partial charge >= 0.3 is 5.97 Å². The van der Waals surface area contributed by atoms with Gasteiger partial charge in [0.05, 0.1) is 19.8 Å². The van der Waals surface area contributed by atoms with E-state index in [2.05, 4.69) is 5.32 Å². The molecular formula is C24H27NO5. The predicted molar refractivity (Wildman–Crippen MR) is 114 cm³/mol. The van der Waals surface area contributed by atoms with Crippen molar-refractivity contribution in [2.75, 3.05) is 14.2 Å². The molecule has 1 amide bonds. The normalized spacial score (nSPS) is 13.7. The number of carbonyl (C=O) groups excluding carboxylic acids is 1. The van der Waals surface area contributed by atoms with E-state index >= 15 is 0 Å². The van der Waals surface area contributed by atoms with Gasteiger partial charge in [-0.25, -0.2) is 4.79 Å². The summed E-state index contributed by atoms with van der Waals surface area (Å²) in [4.78, 5) is 23.8. The number of benzene rings is 2. The van der Waals surface area contributed by atoms with Gasteiger partial charge in [-0.05, 0) is 67.5 Å². The van der Waals surface area contributed by atoms with Crippen LogP contribution in [0.4, 0.5) is 0 Å². The number of ether oxygens (including phenoxy) is 2. The van der Waals surface area contributed by atoms with Crippen molar-refractivity contribution < 1.29 is 24.2 Å². The highest BCUT2D eigenvalue weighted by Gasteiger charge is 2.20. The van der Waals surface area contributed by atoms with Crippen LogP contribution in [0.15, 0.2) is 53.6 Å². The average Bonchev–Trinajstić information content (AvgIpc) is 2.78. The molecule has 6 heteroatoms. The summed E-state index contributed by atoms with van der Waals surface area (Å²) in [5, 5.41) is 12.0. The largest absolute Gasteiger partial charge is 0.493 e. The van der Waals surface area contributed by atoms with Crippen LogP contribution in [0.5, 0.6) is 11.5 Å². The molecule has 0 radical (unpaired) electrons. The quantitative estimate of drug-likeness (QED) is 0.685. The Kier molecular flexibility index (Phi) is 7.12. The first-order valence-corrected chi connectivity index (χ1v) is 10.0. The SMILES string of the molecule is COc1ccc(CC2=C(C(=O)NCc3ccc(C(=O)O)cc3)CCCC2)cc1OC. The predicted octanol–water partition coefficient (Wildman–Crippen LogP) is 4.13. The Morgan fingerprint density at radius 3 is 2.27 bits per heavy atom. The van der Waals surface area contributed by atoms with Gasteiger partial charge in [-0.15, -0.1) is 0 Å². The third-order valence-electron chi connectivity index (χ3n) is 5.38. The summed E-state index contributed by atoms with van der Waals surface area (Å²) in [6.45, 7) is 0.367. The number of amides is 1. The van der Waals surface area contributed by atoms with E-state index in [1.54, 1.807) is 38.5 Å². The van der Waals surface area contributed by atoms with Gasteiger partial charge in [0, 0.05) is 12.1 Å². The lowest BCUT2D eigenvalue weighted by molar-refractivity contribution is -0.118. The van der Waals surface area contributed by atoms with Crippen molar-refractivity contribution in [1.29, 1.82) is 0 Å². The fraction of sp³-hybridized carbons (Fsp3) is 0.333. The molecule has 2 aromatic carbocycles. The van der Waals surface area contributed by atoms with E-state index in [0.29, 0.717) is 24.5 Å². The molecule has 30 heavy (non-hydrogen) atoms. The van der Waals surface area contributed by atoms with Gasteiger partial charge < -0.3 is 19.9 Å². The van der Waals surface area contributed by atoms with Crippen LogP contribution >= 0.6 is 0 Å². The number of nitrogens with one attached hydrogen (secondary N) is 1. The molecule has 6 nitrogen and oxygen atoms in total. The molecule has 2 N–H and O–H groups in total.